The normalized spacial score (nSPS) is 16.8. The van der Waals surface area contributed by atoms with E-state index in [1.165, 1.54) is 6.26 Å². The minimum atomic E-state index is -0.570. The standard InChI is InChI=1S/C21H24N4O4/c1-23-20(26)18-15-24(9-10-25(18)21(27)19-7-3-11-29-19)8-4-12-28-17-6-2-5-16(13-17)14-22/h2-3,5-7,11,13,18H,4,8-10,12,15H2,1H3,(H,23,26). The van der Waals surface area contributed by atoms with Crippen LogP contribution < -0.4 is 10.1 Å². The second-order valence-electron chi connectivity index (χ2n) is 6.75. The van der Waals surface area contributed by atoms with Gasteiger partial charge >= 0.3 is 0 Å². The van der Waals surface area contributed by atoms with E-state index in [0.717, 1.165) is 13.0 Å². The van der Waals surface area contributed by atoms with E-state index >= 15 is 0 Å². The maximum absolute atomic E-state index is 12.7. The Morgan fingerprint density at radius 3 is 2.90 bits per heavy atom. The molecule has 1 N–H and O–H groups in total. The van der Waals surface area contributed by atoms with Gasteiger partial charge in [-0.25, -0.2) is 0 Å². The van der Waals surface area contributed by atoms with Crippen molar-refractivity contribution >= 4 is 11.8 Å². The first-order valence-corrected chi connectivity index (χ1v) is 9.53. The van der Waals surface area contributed by atoms with Crippen LogP contribution in [0, 0.1) is 11.3 Å². The Balaban J connectivity index is 1.52. The molecule has 1 unspecified atom stereocenters. The molecule has 8 nitrogen and oxygen atoms in total. The van der Waals surface area contributed by atoms with Crippen LogP contribution in [0.25, 0.3) is 0 Å². The molecule has 1 fully saturated rings. The molecule has 0 bridgehead atoms. The number of nitrogens with one attached hydrogen (secondary N) is 1. The van der Waals surface area contributed by atoms with Crippen LogP contribution in [0.3, 0.4) is 0 Å². The van der Waals surface area contributed by atoms with Gasteiger partial charge in [-0.1, -0.05) is 6.07 Å². The highest BCUT2D eigenvalue weighted by Gasteiger charge is 2.35. The van der Waals surface area contributed by atoms with E-state index in [2.05, 4.69) is 16.3 Å². The summed E-state index contributed by atoms with van der Waals surface area (Å²) < 4.78 is 10.9. The summed E-state index contributed by atoms with van der Waals surface area (Å²) in [5.74, 6) is 0.435. The van der Waals surface area contributed by atoms with Crippen molar-refractivity contribution < 1.29 is 18.7 Å². The lowest BCUT2D eigenvalue weighted by Gasteiger charge is -2.40. The summed E-state index contributed by atoms with van der Waals surface area (Å²) in [4.78, 5) is 28.7. The number of benzene rings is 1. The molecule has 1 aromatic heterocycles. The van der Waals surface area contributed by atoms with Gasteiger partial charge in [-0.2, -0.15) is 5.26 Å². The van der Waals surface area contributed by atoms with Crippen molar-refractivity contribution in [2.24, 2.45) is 0 Å². The summed E-state index contributed by atoms with van der Waals surface area (Å²) in [6.45, 7) is 2.82. The number of likely N-dealkylation sites (N-methyl/N-ethyl adjacent to an activating group) is 1. The maximum atomic E-state index is 12.7. The van der Waals surface area contributed by atoms with Crippen molar-refractivity contribution in [1.29, 1.82) is 5.26 Å². The van der Waals surface area contributed by atoms with E-state index in [0.29, 0.717) is 37.6 Å². The first kappa shape index (κ1) is 20.4. The summed E-state index contributed by atoms with van der Waals surface area (Å²) in [6, 6.07) is 11.8. The maximum Gasteiger partial charge on any atom is 0.290 e. The van der Waals surface area contributed by atoms with Gasteiger partial charge in [0.25, 0.3) is 5.91 Å². The number of ether oxygens (including phenoxy) is 1. The molecular formula is C21H24N4O4. The Hall–Kier alpha value is -3.31. The van der Waals surface area contributed by atoms with Crippen LogP contribution in [-0.4, -0.2) is 67.5 Å². The van der Waals surface area contributed by atoms with Gasteiger partial charge in [0.2, 0.25) is 5.91 Å². The summed E-state index contributed by atoms with van der Waals surface area (Å²) in [7, 11) is 1.57. The van der Waals surface area contributed by atoms with E-state index in [1.807, 2.05) is 6.07 Å². The zero-order chi connectivity index (χ0) is 20.6. The van der Waals surface area contributed by atoms with Crippen molar-refractivity contribution in [2.75, 3.05) is 39.8 Å². The third kappa shape index (κ3) is 5.15. The largest absolute Gasteiger partial charge is 0.494 e. The van der Waals surface area contributed by atoms with E-state index < -0.39 is 6.04 Å². The predicted molar refractivity (Wildman–Crippen MR) is 105 cm³/mol. The molecule has 2 amide bonds. The number of nitriles is 1. The number of hydrogen-bond acceptors (Lipinski definition) is 6. The molecule has 1 aliphatic rings. The van der Waals surface area contributed by atoms with Gasteiger partial charge in [-0.05, 0) is 36.8 Å². The highest BCUT2D eigenvalue weighted by molar-refractivity contribution is 5.95. The number of rotatable bonds is 7. The molecule has 152 valence electrons. The highest BCUT2D eigenvalue weighted by Crippen LogP contribution is 2.16. The van der Waals surface area contributed by atoms with Crippen molar-refractivity contribution in [3.05, 3.63) is 54.0 Å². The highest BCUT2D eigenvalue weighted by atomic mass is 16.5. The number of amides is 2. The van der Waals surface area contributed by atoms with E-state index in [-0.39, 0.29) is 17.6 Å². The fraction of sp³-hybridized carbons (Fsp3) is 0.381. The minimum Gasteiger partial charge on any atom is -0.494 e. The quantitative estimate of drug-likeness (QED) is 0.712. The predicted octanol–water partition coefficient (Wildman–Crippen LogP) is 1.49. The van der Waals surface area contributed by atoms with Crippen molar-refractivity contribution in [3.8, 4) is 11.8 Å². The third-order valence-corrected chi connectivity index (χ3v) is 4.86. The SMILES string of the molecule is CNC(=O)C1CN(CCCOc2cccc(C#N)c2)CCN1C(=O)c1ccco1. The number of carbonyl (C=O) groups excluding carboxylic acids is 2. The number of piperazine rings is 1. The van der Waals surface area contributed by atoms with Crippen LogP contribution >= 0.6 is 0 Å². The lowest BCUT2D eigenvalue weighted by atomic mass is 10.1. The average Bonchev–Trinajstić information content (AvgIpc) is 3.30. The molecule has 0 spiro atoms. The fourth-order valence-corrected chi connectivity index (χ4v) is 3.35. The van der Waals surface area contributed by atoms with Crippen LogP contribution in [0.15, 0.2) is 47.1 Å². The van der Waals surface area contributed by atoms with Crippen LogP contribution in [-0.2, 0) is 4.79 Å². The Morgan fingerprint density at radius 1 is 1.31 bits per heavy atom. The summed E-state index contributed by atoms with van der Waals surface area (Å²) in [5.41, 5.74) is 0.563. The first-order valence-electron chi connectivity index (χ1n) is 9.53. The second-order valence-corrected chi connectivity index (χ2v) is 6.75. The average molecular weight is 396 g/mol. The number of furan rings is 1. The Bertz CT molecular complexity index is 875. The van der Waals surface area contributed by atoms with Crippen molar-refractivity contribution in [2.45, 2.75) is 12.5 Å². The molecular weight excluding hydrogens is 372 g/mol. The molecule has 0 saturated carbocycles. The number of nitrogens with zero attached hydrogens (tertiary/aromatic N) is 3. The molecule has 8 heteroatoms. The monoisotopic (exact) mass is 396 g/mol. The molecule has 1 aliphatic heterocycles. The molecule has 1 aromatic carbocycles. The molecule has 29 heavy (non-hydrogen) atoms. The molecule has 2 heterocycles. The zero-order valence-electron chi connectivity index (χ0n) is 16.3. The van der Waals surface area contributed by atoms with Gasteiger partial charge in [0, 0.05) is 33.2 Å². The summed E-state index contributed by atoms with van der Waals surface area (Å²) in [5, 5.41) is 11.6. The lowest BCUT2D eigenvalue weighted by Crippen LogP contribution is -2.60. The van der Waals surface area contributed by atoms with Gasteiger partial charge in [0.05, 0.1) is 24.5 Å². The first-order chi connectivity index (χ1) is 14.1. The topological polar surface area (TPSA) is 98.8 Å². The fourth-order valence-electron chi connectivity index (χ4n) is 3.35. The molecule has 0 aliphatic carbocycles. The molecule has 2 aromatic rings. The molecule has 3 rings (SSSR count). The van der Waals surface area contributed by atoms with Crippen LogP contribution in [0.5, 0.6) is 5.75 Å². The Kier molecular flexibility index (Phi) is 6.87. The van der Waals surface area contributed by atoms with Crippen molar-refractivity contribution in [1.82, 2.24) is 15.1 Å². The van der Waals surface area contributed by atoms with Gasteiger partial charge in [-0.3, -0.25) is 14.5 Å². The third-order valence-electron chi connectivity index (χ3n) is 4.86. The number of carbonyl (C=O) groups is 2. The van der Waals surface area contributed by atoms with E-state index in [4.69, 9.17) is 14.4 Å². The lowest BCUT2D eigenvalue weighted by molar-refractivity contribution is -0.127. The summed E-state index contributed by atoms with van der Waals surface area (Å²) >= 11 is 0. The molecule has 0 radical (unpaired) electrons. The van der Waals surface area contributed by atoms with Gasteiger partial charge in [-0.15, -0.1) is 0 Å². The van der Waals surface area contributed by atoms with Gasteiger partial charge in [0.1, 0.15) is 11.8 Å². The van der Waals surface area contributed by atoms with Crippen LogP contribution in [0.2, 0.25) is 0 Å². The second kappa shape index (κ2) is 9.75. The van der Waals surface area contributed by atoms with Gasteiger partial charge in [0.15, 0.2) is 5.76 Å². The zero-order valence-corrected chi connectivity index (χ0v) is 16.3. The van der Waals surface area contributed by atoms with Crippen molar-refractivity contribution in [3.63, 3.8) is 0 Å². The molecule has 1 atom stereocenters. The van der Waals surface area contributed by atoms with E-state index in [1.54, 1.807) is 42.3 Å². The Labute approximate surface area is 169 Å². The van der Waals surface area contributed by atoms with E-state index in [9.17, 15) is 9.59 Å². The van der Waals surface area contributed by atoms with Gasteiger partial charge < -0.3 is 19.4 Å². The number of hydrogen-bond donors (Lipinski definition) is 1. The van der Waals surface area contributed by atoms with Crippen LogP contribution in [0.4, 0.5) is 0 Å². The summed E-state index contributed by atoms with van der Waals surface area (Å²) in [6.07, 6.45) is 2.22. The van der Waals surface area contributed by atoms with Crippen LogP contribution in [0.1, 0.15) is 22.5 Å². The minimum absolute atomic E-state index is 0.195. The smallest absolute Gasteiger partial charge is 0.290 e. The molecule has 1 saturated heterocycles. The Morgan fingerprint density at radius 2 is 2.17 bits per heavy atom.